The van der Waals surface area contributed by atoms with Gasteiger partial charge in [-0.25, -0.2) is 18.2 Å². The first-order chi connectivity index (χ1) is 16.0. The number of imidazole rings is 1. The van der Waals surface area contributed by atoms with Gasteiger partial charge in [0.2, 0.25) is 0 Å². The van der Waals surface area contributed by atoms with Crippen molar-refractivity contribution in [3.8, 4) is 5.69 Å². The van der Waals surface area contributed by atoms with E-state index < -0.39 is 11.6 Å². The molecule has 1 atom stereocenters. The molecule has 2 aromatic carbocycles. The smallest absolute Gasteiger partial charge is 0.173 e. The van der Waals surface area contributed by atoms with Crippen molar-refractivity contribution < 1.29 is 13.2 Å². The van der Waals surface area contributed by atoms with E-state index in [1.807, 2.05) is 4.57 Å². The van der Waals surface area contributed by atoms with E-state index in [0.717, 1.165) is 48.7 Å². The molecule has 0 N–H and O–H groups in total. The van der Waals surface area contributed by atoms with Gasteiger partial charge in [0, 0.05) is 22.9 Å². The van der Waals surface area contributed by atoms with Gasteiger partial charge in [-0.1, -0.05) is 41.6 Å². The molecule has 0 saturated heterocycles. The van der Waals surface area contributed by atoms with Crippen LogP contribution in [0.1, 0.15) is 46.8 Å². The van der Waals surface area contributed by atoms with Crippen LogP contribution in [0.15, 0.2) is 66.1 Å². The van der Waals surface area contributed by atoms with E-state index in [4.69, 9.17) is 4.98 Å². The predicted molar refractivity (Wildman–Crippen MR) is 123 cm³/mol. The summed E-state index contributed by atoms with van der Waals surface area (Å²) in [6.45, 7) is 2.07. The van der Waals surface area contributed by atoms with Crippen LogP contribution in [0, 0.1) is 24.4 Å². The van der Waals surface area contributed by atoms with Crippen LogP contribution >= 0.6 is 11.8 Å². The lowest BCUT2D eigenvalue weighted by Crippen LogP contribution is -2.15. The highest BCUT2D eigenvalue weighted by Gasteiger charge is 2.30. The molecule has 33 heavy (non-hydrogen) atoms. The highest BCUT2D eigenvalue weighted by molar-refractivity contribution is 7.98. The molecule has 0 aliphatic heterocycles. The van der Waals surface area contributed by atoms with Gasteiger partial charge in [0.1, 0.15) is 17.5 Å². The van der Waals surface area contributed by atoms with E-state index in [2.05, 4.69) is 36.2 Å². The van der Waals surface area contributed by atoms with Gasteiger partial charge in [-0.05, 0) is 56.0 Å². The third-order valence-corrected chi connectivity index (χ3v) is 6.99. The number of aryl methyl sites for hydroxylation is 2. The Balaban J connectivity index is 1.62. The number of benzene rings is 2. The number of halogens is 3. The Bertz CT molecular complexity index is 1280. The van der Waals surface area contributed by atoms with Gasteiger partial charge >= 0.3 is 0 Å². The maximum Gasteiger partial charge on any atom is 0.173 e. The van der Waals surface area contributed by atoms with Gasteiger partial charge < -0.3 is 0 Å². The fourth-order valence-electron chi connectivity index (χ4n) is 4.47. The predicted octanol–water partition coefficient (Wildman–Crippen LogP) is 6.75. The quantitative estimate of drug-likeness (QED) is 0.305. The number of thioether (sulfide) groups is 1. The van der Waals surface area contributed by atoms with Crippen molar-refractivity contribution in [1.29, 1.82) is 0 Å². The Labute approximate surface area is 194 Å². The van der Waals surface area contributed by atoms with Crippen molar-refractivity contribution in [3.63, 3.8) is 0 Å². The number of hydrogen-bond donors (Lipinski definition) is 0. The molecule has 5 rings (SSSR count). The fraction of sp³-hybridized carbons (Fsp3) is 0.231. The Morgan fingerprint density at radius 3 is 2.52 bits per heavy atom. The lowest BCUT2D eigenvalue weighted by Gasteiger charge is -2.25. The standard InChI is InChI=1S/C26H22F3N3S/c1-16-4-2-5-17(12-16)20-6-3-7-24-25(20)32(19-10-8-18(27)9-11-19)26(31-24)33-15-21-22(28)13-30-14-23(21)29/h2,4-5,8-14,20H,3,6-7,15H2,1H3. The summed E-state index contributed by atoms with van der Waals surface area (Å²) in [5.74, 6) is -1.46. The van der Waals surface area contributed by atoms with Crippen LogP contribution in [0.25, 0.3) is 5.69 Å². The molecule has 2 aromatic heterocycles. The molecule has 0 bridgehead atoms. The van der Waals surface area contributed by atoms with Crippen LogP contribution < -0.4 is 0 Å². The Morgan fingerprint density at radius 2 is 1.79 bits per heavy atom. The van der Waals surface area contributed by atoms with Crippen molar-refractivity contribution >= 4 is 11.8 Å². The summed E-state index contributed by atoms with van der Waals surface area (Å²) in [6, 6.07) is 14.7. The van der Waals surface area contributed by atoms with E-state index in [0.29, 0.717) is 5.16 Å². The first-order valence-electron chi connectivity index (χ1n) is 10.9. The summed E-state index contributed by atoms with van der Waals surface area (Å²) >= 11 is 1.27. The second-order valence-electron chi connectivity index (χ2n) is 8.27. The van der Waals surface area contributed by atoms with Crippen molar-refractivity contribution in [2.45, 2.75) is 43.0 Å². The zero-order chi connectivity index (χ0) is 22.9. The molecule has 3 nitrogen and oxygen atoms in total. The van der Waals surface area contributed by atoms with E-state index >= 15 is 0 Å². The van der Waals surface area contributed by atoms with Crippen LogP contribution in [-0.2, 0) is 12.2 Å². The molecule has 168 valence electrons. The fourth-order valence-corrected chi connectivity index (χ4v) is 5.52. The number of rotatable bonds is 5. The van der Waals surface area contributed by atoms with Crippen molar-refractivity contribution in [3.05, 3.63) is 106 Å². The zero-order valence-electron chi connectivity index (χ0n) is 18.1. The lowest BCUT2D eigenvalue weighted by molar-refractivity contribution is 0.556. The highest BCUT2D eigenvalue weighted by Crippen LogP contribution is 2.41. The van der Waals surface area contributed by atoms with Crippen LogP contribution in [-0.4, -0.2) is 14.5 Å². The molecule has 0 fully saturated rings. The molecule has 0 radical (unpaired) electrons. The first kappa shape index (κ1) is 21.8. The van der Waals surface area contributed by atoms with Gasteiger partial charge in [-0.3, -0.25) is 9.55 Å². The molecule has 4 aromatic rings. The molecule has 0 spiro atoms. The number of hydrogen-bond acceptors (Lipinski definition) is 3. The molecule has 1 aliphatic carbocycles. The maximum atomic E-state index is 14.2. The summed E-state index contributed by atoms with van der Waals surface area (Å²) in [6.07, 6.45) is 4.84. The van der Waals surface area contributed by atoms with Gasteiger partial charge in [0.25, 0.3) is 0 Å². The molecular formula is C26H22F3N3S. The topological polar surface area (TPSA) is 30.7 Å². The summed E-state index contributed by atoms with van der Waals surface area (Å²) < 4.78 is 44.1. The molecule has 0 amide bonds. The molecular weight excluding hydrogens is 443 g/mol. The van der Waals surface area contributed by atoms with Crippen molar-refractivity contribution in [2.75, 3.05) is 0 Å². The molecule has 7 heteroatoms. The Kier molecular flexibility index (Phi) is 5.98. The van der Waals surface area contributed by atoms with E-state index in [9.17, 15) is 13.2 Å². The van der Waals surface area contributed by atoms with Crippen molar-refractivity contribution in [2.24, 2.45) is 0 Å². The molecule has 1 aliphatic rings. The normalized spacial score (nSPS) is 15.5. The van der Waals surface area contributed by atoms with Gasteiger partial charge in [-0.15, -0.1) is 0 Å². The third kappa shape index (κ3) is 4.29. The SMILES string of the molecule is Cc1cccc(C2CCCc3nc(SCc4c(F)cncc4F)n(-c4ccc(F)cc4)c32)c1. The van der Waals surface area contributed by atoms with E-state index in [1.165, 1.54) is 35.0 Å². The third-order valence-electron chi connectivity index (χ3n) is 6.02. The van der Waals surface area contributed by atoms with E-state index in [-0.39, 0.29) is 23.1 Å². The number of nitrogens with zero attached hydrogens (tertiary/aromatic N) is 3. The van der Waals surface area contributed by atoms with Crippen LogP contribution in [0.3, 0.4) is 0 Å². The highest BCUT2D eigenvalue weighted by atomic mass is 32.2. The monoisotopic (exact) mass is 465 g/mol. The minimum absolute atomic E-state index is 0.0307. The summed E-state index contributed by atoms with van der Waals surface area (Å²) in [5.41, 5.74) is 5.19. The largest absolute Gasteiger partial charge is 0.291 e. The average Bonchev–Trinajstić information content (AvgIpc) is 3.18. The second-order valence-corrected chi connectivity index (χ2v) is 9.21. The Morgan fingerprint density at radius 1 is 1.03 bits per heavy atom. The van der Waals surface area contributed by atoms with Gasteiger partial charge in [-0.2, -0.15) is 0 Å². The summed E-state index contributed by atoms with van der Waals surface area (Å²) in [4.78, 5) is 8.45. The van der Waals surface area contributed by atoms with Crippen LogP contribution in [0.5, 0.6) is 0 Å². The second kappa shape index (κ2) is 9.06. The summed E-state index contributed by atoms with van der Waals surface area (Å²) in [7, 11) is 0. The van der Waals surface area contributed by atoms with E-state index in [1.54, 1.807) is 12.1 Å². The van der Waals surface area contributed by atoms with Crippen LogP contribution in [0.4, 0.5) is 13.2 Å². The average molecular weight is 466 g/mol. The van der Waals surface area contributed by atoms with Gasteiger partial charge in [0.05, 0.1) is 23.8 Å². The van der Waals surface area contributed by atoms with Crippen molar-refractivity contribution in [1.82, 2.24) is 14.5 Å². The summed E-state index contributed by atoms with van der Waals surface area (Å²) in [5, 5.41) is 0.641. The first-order valence-corrected chi connectivity index (χ1v) is 11.8. The molecule has 2 heterocycles. The lowest BCUT2D eigenvalue weighted by atomic mass is 9.84. The van der Waals surface area contributed by atoms with Gasteiger partial charge in [0.15, 0.2) is 5.16 Å². The minimum atomic E-state index is -0.676. The number of aromatic nitrogens is 3. The van der Waals surface area contributed by atoms with Crippen LogP contribution in [0.2, 0.25) is 0 Å². The molecule has 1 unspecified atom stereocenters. The Hall–Kier alpha value is -3.06. The minimum Gasteiger partial charge on any atom is -0.291 e. The number of pyridine rings is 1. The zero-order valence-corrected chi connectivity index (χ0v) is 18.9. The maximum absolute atomic E-state index is 14.2. The number of fused-ring (bicyclic) bond motifs is 1. The molecule has 0 saturated carbocycles.